The predicted molar refractivity (Wildman–Crippen MR) is 141 cm³/mol. The fourth-order valence-corrected chi connectivity index (χ4v) is 4.16. The lowest BCUT2D eigenvalue weighted by Gasteiger charge is -2.18. The smallest absolute Gasteiger partial charge is 0.300 e. The van der Waals surface area contributed by atoms with Crippen LogP contribution in [0.5, 0.6) is 0 Å². The quantitative estimate of drug-likeness (QED) is 0.390. The molecule has 3 N–H and O–H groups in total. The third kappa shape index (κ3) is 8.38. The number of alkyl halides is 2. The molecule has 2 atom stereocenters. The number of hydrogen-bond donors (Lipinski definition) is 3. The maximum Gasteiger partial charge on any atom is 0.300 e. The van der Waals surface area contributed by atoms with Crippen molar-refractivity contribution in [2.75, 3.05) is 30.3 Å². The van der Waals surface area contributed by atoms with E-state index < -0.39 is 48.4 Å². The lowest BCUT2D eigenvalue weighted by atomic mass is 9.94. The number of likely N-dealkylation sites (tertiary alicyclic amines) is 1. The lowest BCUT2D eigenvalue weighted by Crippen LogP contribution is -2.36. The molecule has 1 saturated heterocycles. The number of aliphatic carboxylic acids is 1. The van der Waals surface area contributed by atoms with Crippen LogP contribution in [-0.2, 0) is 14.4 Å². The third-order valence-corrected chi connectivity index (χ3v) is 5.98. The van der Waals surface area contributed by atoms with Gasteiger partial charge in [-0.25, -0.2) is 18.2 Å². The fraction of sp³-hybridized carbons (Fsp3) is 0.269. The zero-order valence-electron chi connectivity index (χ0n) is 21.1. The van der Waals surface area contributed by atoms with Crippen molar-refractivity contribution in [2.24, 2.45) is 11.8 Å². The van der Waals surface area contributed by atoms with Crippen LogP contribution < -0.4 is 16.2 Å². The van der Waals surface area contributed by atoms with E-state index in [0.29, 0.717) is 5.02 Å². The molecule has 0 aliphatic carbocycles. The van der Waals surface area contributed by atoms with Gasteiger partial charge in [-0.1, -0.05) is 17.7 Å². The SMILES string of the molecule is CC(=O)O.O=C(Nc1ccc(Cl)cn1)[C@H]1CN(CC(F)F)C[C@@H]1C(=O)Nc1ccc(-n2ccccc2=O)cc1F. The molecule has 2 aromatic heterocycles. The first-order valence-corrected chi connectivity index (χ1v) is 12.2. The highest BCUT2D eigenvalue weighted by atomic mass is 35.5. The average Bonchev–Trinajstić information content (AvgIpc) is 3.30. The van der Waals surface area contributed by atoms with E-state index in [0.717, 1.165) is 13.0 Å². The highest BCUT2D eigenvalue weighted by Crippen LogP contribution is 2.28. The van der Waals surface area contributed by atoms with Crippen molar-refractivity contribution in [1.82, 2.24) is 14.5 Å². The van der Waals surface area contributed by atoms with Crippen molar-refractivity contribution in [1.29, 1.82) is 0 Å². The van der Waals surface area contributed by atoms with Gasteiger partial charge in [-0.2, -0.15) is 0 Å². The highest BCUT2D eigenvalue weighted by molar-refractivity contribution is 6.30. The Morgan fingerprint density at radius 1 is 1.07 bits per heavy atom. The Hall–Kier alpha value is -4.23. The number of halogens is 4. The van der Waals surface area contributed by atoms with Gasteiger partial charge in [0.1, 0.15) is 11.6 Å². The number of aromatic nitrogens is 2. The van der Waals surface area contributed by atoms with Gasteiger partial charge in [-0.05, 0) is 30.3 Å². The Bertz CT molecular complexity index is 1420. The molecule has 1 aliphatic rings. The van der Waals surface area contributed by atoms with Crippen molar-refractivity contribution in [3.8, 4) is 5.69 Å². The van der Waals surface area contributed by atoms with Gasteiger partial charge in [-0.3, -0.25) is 28.6 Å². The van der Waals surface area contributed by atoms with Crippen LogP contribution in [0.25, 0.3) is 5.69 Å². The number of carboxylic acid groups (broad SMARTS) is 1. The summed E-state index contributed by atoms with van der Waals surface area (Å²) >= 11 is 5.80. The number of nitrogens with zero attached hydrogens (tertiary/aromatic N) is 3. The van der Waals surface area contributed by atoms with Crippen LogP contribution in [-0.4, -0.2) is 63.4 Å². The number of amides is 2. The first-order chi connectivity index (χ1) is 18.9. The molecule has 1 aromatic carbocycles. The van der Waals surface area contributed by atoms with Crippen LogP contribution >= 0.6 is 11.6 Å². The van der Waals surface area contributed by atoms with E-state index in [1.54, 1.807) is 12.1 Å². The number of benzene rings is 1. The highest BCUT2D eigenvalue weighted by Gasteiger charge is 2.42. The number of anilines is 2. The first kappa shape index (κ1) is 30.3. The third-order valence-electron chi connectivity index (χ3n) is 5.76. The van der Waals surface area contributed by atoms with Crippen LogP contribution in [0.3, 0.4) is 0 Å². The molecule has 0 saturated carbocycles. The molecule has 0 bridgehead atoms. The number of pyridine rings is 2. The van der Waals surface area contributed by atoms with Crippen LogP contribution in [0.2, 0.25) is 5.02 Å². The summed E-state index contributed by atoms with van der Waals surface area (Å²) in [7, 11) is 0. The molecule has 14 heteroatoms. The monoisotopic (exact) mass is 579 g/mol. The van der Waals surface area contributed by atoms with Crippen LogP contribution in [0.15, 0.2) is 65.7 Å². The topological polar surface area (TPSA) is 134 Å². The van der Waals surface area contributed by atoms with E-state index in [4.69, 9.17) is 21.5 Å². The Morgan fingerprint density at radius 2 is 1.73 bits per heavy atom. The number of nitrogens with one attached hydrogen (secondary N) is 2. The largest absolute Gasteiger partial charge is 0.481 e. The number of hydrogen-bond acceptors (Lipinski definition) is 6. The summed E-state index contributed by atoms with van der Waals surface area (Å²) in [6.45, 7) is 0.281. The molecule has 3 aromatic rings. The minimum Gasteiger partial charge on any atom is -0.481 e. The van der Waals surface area contributed by atoms with Crippen LogP contribution in [0, 0.1) is 17.7 Å². The molecular weight excluding hydrogens is 555 g/mol. The van der Waals surface area contributed by atoms with Crippen molar-refractivity contribution >= 4 is 40.9 Å². The molecule has 4 rings (SSSR count). The summed E-state index contributed by atoms with van der Waals surface area (Å²) in [5.74, 6) is -4.72. The van der Waals surface area contributed by atoms with Crippen LogP contribution in [0.1, 0.15) is 6.92 Å². The molecule has 0 spiro atoms. The van der Waals surface area contributed by atoms with E-state index in [-0.39, 0.29) is 35.8 Å². The zero-order chi connectivity index (χ0) is 29.4. The fourth-order valence-electron chi connectivity index (χ4n) is 4.05. The number of carbonyl (C=O) groups excluding carboxylic acids is 2. The summed E-state index contributed by atoms with van der Waals surface area (Å²) in [6, 6.07) is 11.3. The minimum absolute atomic E-state index is 0.0831. The van der Waals surface area contributed by atoms with Crippen molar-refractivity contribution in [3.05, 3.63) is 82.1 Å². The van der Waals surface area contributed by atoms with Gasteiger partial charge in [0.25, 0.3) is 18.0 Å². The molecule has 212 valence electrons. The lowest BCUT2D eigenvalue weighted by molar-refractivity contribution is -0.134. The van der Waals surface area contributed by atoms with Crippen molar-refractivity contribution in [2.45, 2.75) is 13.3 Å². The average molecular weight is 580 g/mol. The molecule has 1 fully saturated rings. The number of rotatable bonds is 7. The molecule has 10 nitrogen and oxygen atoms in total. The van der Waals surface area contributed by atoms with Gasteiger partial charge in [0.15, 0.2) is 0 Å². The van der Waals surface area contributed by atoms with Gasteiger partial charge >= 0.3 is 0 Å². The van der Waals surface area contributed by atoms with E-state index in [1.165, 1.54) is 52.2 Å². The van der Waals surface area contributed by atoms with Gasteiger partial charge in [0, 0.05) is 44.5 Å². The maximum atomic E-state index is 14.8. The van der Waals surface area contributed by atoms with E-state index in [9.17, 15) is 27.6 Å². The standard InChI is InChI=1S/C24H21ClF3N5O3.C2H4O2/c25-14-4-7-21(29-10-14)31-24(36)17-12-32(13-20(27)28)11-16(17)23(35)30-19-6-5-15(9-18(19)26)33-8-2-1-3-22(33)34;1-2(3)4/h1-10,16-17,20H,11-13H2,(H,30,35)(H,29,31,36);1H3,(H,3,4)/t16-,17-;/m0./s1. The van der Waals surface area contributed by atoms with E-state index in [2.05, 4.69) is 15.6 Å². The maximum absolute atomic E-state index is 14.8. The summed E-state index contributed by atoms with van der Waals surface area (Å²) in [5.41, 5.74) is -0.269. The molecule has 0 unspecified atom stereocenters. The molecule has 1 aliphatic heterocycles. The van der Waals surface area contributed by atoms with Gasteiger partial charge in [0.2, 0.25) is 11.8 Å². The van der Waals surface area contributed by atoms with Gasteiger partial charge in [0.05, 0.1) is 34.8 Å². The van der Waals surface area contributed by atoms with E-state index >= 15 is 0 Å². The molecule has 2 amide bonds. The Labute approximate surface area is 231 Å². The van der Waals surface area contributed by atoms with Crippen molar-refractivity contribution < 1.29 is 32.7 Å². The molecule has 40 heavy (non-hydrogen) atoms. The summed E-state index contributed by atoms with van der Waals surface area (Å²) in [4.78, 5) is 52.2. The zero-order valence-corrected chi connectivity index (χ0v) is 21.8. The second-order valence-electron chi connectivity index (χ2n) is 8.75. The summed E-state index contributed by atoms with van der Waals surface area (Å²) in [6.07, 6.45) is 0.152. The van der Waals surface area contributed by atoms with Gasteiger partial charge < -0.3 is 15.7 Å². The summed E-state index contributed by atoms with van der Waals surface area (Å²) < 4.78 is 42.0. The number of carbonyl (C=O) groups is 3. The molecule has 3 heterocycles. The van der Waals surface area contributed by atoms with Crippen LogP contribution in [0.4, 0.5) is 24.7 Å². The molecule has 0 radical (unpaired) electrons. The van der Waals surface area contributed by atoms with E-state index in [1.807, 2.05) is 0 Å². The van der Waals surface area contributed by atoms with Crippen molar-refractivity contribution in [3.63, 3.8) is 0 Å². The second kappa shape index (κ2) is 13.7. The van der Waals surface area contributed by atoms with Gasteiger partial charge in [-0.15, -0.1) is 0 Å². The second-order valence-corrected chi connectivity index (χ2v) is 9.19. The Morgan fingerprint density at radius 3 is 2.27 bits per heavy atom. The normalized spacial score (nSPS) is 16.6. The minimum atomic E-state index is -2.65. The Kier molecular flexibility index (Phi) is 10.4. The first-order valence-electron chi connectivity index (χ1n) is 11.9. The predicted octanol–water partition coefficient (Wildman–Crippen LogP) is 3.51. The molecular formula is C26H25ClF3N5O5. The number of carboxylic acids is 1. The Balaban J connectivity index is 0.00000103. The summed E-state index contributed by atoms with van der Waals surface area (Å²) in [5, 5.41) is 12.8.